The van der Waals surface area contributed by atoms with Gasteiger partial charge in [-0.3, -0.25) is 9.59 Å². The summed E-state index contributed by atoms with van der Waals surface area (Å²) in [5.41, 5.74) is 5.29. The molecule has 0 aromatic heterocycles. The van der Waals surface area contributed by atoms with Gasteiger partial charge in [-0.1, -0.05) is 0 Å². The van der Waals surface area contributed by atoms with Gasteiger partial charge >= 0.3 is 11.9 Å². The minimum atomic E-state index is -1.14. The molecular weight excluding hydrogens is 346 g/mol. The highest BCUT2D eigenvalue weighted by molar-refractivity contribution is 5.85. The lowest BCUT2D eigenvalue weighted by Gasteiger charge is -2.30. The van der Waals surface area contributed by atoms with Gasteiger partial charge in [0.25, 0.3) is 5.09 Å². The Hall–Kier alpha value is -1.65. The summed E-state index contributed by atoms with van der Waals surface area (Å²) in [5, 5.41) is 18.1. The van der Waals surface area contributed by atoms with E-state index in [2.05, 4.69) is 9.74 Å². The number of piperidine rings is 1. The number of ether oxygens (including phenoxy) is 1. The first kappa shape index (κ1) is 22.4. The largest absolute Gasteiger partial charge is 0.480 e. The minimum absolute atomic E-state index is 0. The second-order valence-electron chi connectivity index (χ2n) is 5.43. The molecule has 0 radical (unpaired) electrons. The number of nitrogens with zero attached hydrogens (tertiary/aromatic N) is 2. The van der Waals surface area contributed by atoms with Crippen molar-refractivity contribution in [3.63, 3.8) is 0 Å². The molecule has 11 heteroatoms. The molecule has 1 saturated heterocycles. The van der Waals surface area contributed by atoms with Crippen LogP contribution in [-0.2, 0) is 19.2 Å². The molecule has 3 N–H and O–H groups in total. The first-order valence-electron chi connectivity index (χ1n) is 7.56. The zero-order chi connectivity index (χ0) is 17.2. The van der Waals surface area contributed by atoms with Gasteiger partial charge in [0.05, 0.1) is 6.61 Å². The fraction of sp³-hybridized carbons (Fsp3) is 0.846. The van der Waals surface area contributed by atoms with Crippen LogP contribution < -0.4 is 5.73 Å². The fourth-order valence-corrected chi connectivity index (χ4v) is 2.30. The number of aliphatic carboxylic acids is 1. The van der Waals surface area contributed by atoms with E-state index in [0.717, 1.165) is 6.54 Å². The molecular formula is C13H24ClN3O7. The molecule has 140 valence electrons. The van der Waals surface area contributed by atoms with Crippen LogP contribution in [0.2, 0.25) is 0 Å². The van der Waals surface area contributed by atoms with E-state index in [1.165, 1.54) is 0 Å². The van der Waals surface area contributed by atoms with Crippen molar-refractivity contribution in [2.45, 2.75) is 44.2 Å². The molecule has 1 atom stereocenters. The van der Waals surface area contributed by atoms with Gasteiger partial charge < -0.3 is 25.3 Å². The maximum absolute atomic E-state index is 11.4. The van der Waals surface area contributed by atoms with E-state index in [9.17, 15) is 19.7 Å². The van der Waals surface area contributed by atoms with Crippen molar-refractivity contribution in [1.29, 1.82) is 0 Å². The molecule has 0 aromatic rings. The summed E-state index contributed by atoms with van der Waals surface area (Å²) < 4.78 is 5.01. The molecule has 1 aliphatic rings. The third-order valence-electron chi connectivity index (χ3n) is 3.63. The van der Waals surface area contributed by atoms with Gasteiger partial charge in [-0.25, -0.2) is 0 Å². The number of hydrogen-bond donors (Lipinski definition) is 2. The molecule has 0 aliphatic carbocycles. The Labute approximate surface area is 145 Å². The molecule has 0 saturated carbocycles. The van der Waals surface area contributed by atoms with Crippen molar-refractivity contribution in [2.75, 3.05) is 26.2 Å². The number of carbonyl (C=O) groups excluding carboxylic acids is 1. The molecule has 0 amide bonds. The zero-order valence-corrected chi connectivity index (χ0v) is 14.1. The first-order valence-corrected chi connectivity index (χ1v) is 7.56. The Kier molecular flexibility index (Phi) is 11.0. The maximum atomic E-state index is 11.4. The standard InChI is InChI=1S/C13H23N3O7.ClH/c14-11(13(18)19)2-3-12(17)22-9-1-6-15-7-4-10(5-8-15)23-16(20)21;/h10-11H,1-9,14H2,(H,18,19);1H/t11-;/m0./s1. The van der Waals surface area contributed by atoms with Crippen molar-refractivity contribution in [2.24, 2.45) is 5.73 Å². The lowest BCUT2D eigenvalue weighted by Crippen LogP contribution is -2.38. The number of carboxylic acid groups (broad SMARTS) is 1. The molecule has 1 heterocycles. The van der Waals surface area contributed by atoms with Crippen LogP contribution in [0.1, 0.15) is 32.1 Å². The van der Waals surface area contributed by atoms with Crippen LogP contribution in [-0.4, -0.2) is 65.4 Å². The minimum Gasteiger partial charge on any atom is -0.480 e. The van der Waals surface area contributed by atoms with Gasteiger partial charge in [-0.2, -0.15) is 0 Å². The Morgan fingerprint density at radius 2 is 2.00 bits per heavy atom. The van der Waals surface area contributed by atoms with Gasteiger partial charge in [-0.05, 0) is 25.7 Å². The molecule has 24 heavy (non-hydrogen) atoms. The van der Waals surface area contributed by atoms with Crippen LogP contribution in [0.3, 0.4) is 0 Å². The fourth-order valence-electron chi connectivity index (χ4n) is 2.30. The molecule has 0 aromatic carbocycles. The number of esters is 1. The van der Waals surface area contributed by atoms with Crippen molar-refractivity contribution < 1.29 is 29.4 Å². The SMILES string of the molecule is Cl.N[C@@H](CCC(=O)OCCCN1CCC(O[N+](=O)[O-])CC1)C(=O)O. The second-order valence-corrected chi connectivity index (χ2v) is 5.43. The van der Waals surface area contributed by atoms with Crippen molar-refractivity contribution in [3.8, 4) is 0 Å². The zero-order valence-electron chi connectivity index (χ0n) is 13.3. The van der Waals surface area contributed by atoms with Gasteiger partial charge in [-0.15, -0.1) is 22.5 Å². The molecule has 10 nitrogen and oxygen atoms in total. The average Bonchev–Trinajstić information content (AvgIpc) is 2.50. The predicted octanol–water partition coefficient (Wildman–Crippen LogP) is 0.206. The van der Waals surface area contributed by atoms with E-state index in [1.807, 2.05) is 0 Å². The van der Waals surface area contributed by atoms with E-state index < -0.39 is 23.1 Å². The quantitative estimate of drug-likeness (QED) is 0.238. The van der Waals surface area contributed by atoms with E-state index in [-0.39, 0.29) is 38.0 Å². The Bertz CT molecular complexity index is 416. The van der Waals surface area contributed by atoms with Crippen LogP contribution in [0.15, 0.2) is 0 Å². The smallest absolute Gasteiger partial charge is 0.320 e. The number of rotatable bonds is 10. The van der Waals surface area contributed by atoms with Crippen LogP contribution in [0.5, 0.6) is 0 Å². The summed E-state index contributed by atoms with van der Waals surface area (Å²) in [6.45, 7) is 2.40. The van der Waals surface area contributed by atoms with Crippen LogP contribution >= 0.6 is 12.4 Å². The molecule has 0 spiro atoms. The topological polar surface area (TPSA) is 145 Å². The lowest BCUT2D eigenvalue weighted by atomic mass is 10.1. The number of hydrogen-bond acceptors (Lipinski definition) is 8. The molecule has 1 fully saturated rings. The van der Waals surface area contributed by atoms with E-state index in [4.69, 9.17) is 15.6 Å². The van der Waals surface area contributed by atoms with Crippen molar-refractivity contribution >= 4 is 24.3 Å². The number of halogens is 1. The van der Waals surface area contributed by atoms with E-state index in [1.54, 1.807) is 0 Å². The third kappa shape index (κ3) is 9.48. The summed E-state index contributed by atoms with van der Waals surface area (Å²) in [4.78, 5) is 38.8. The van der Waals surface area contributed by atoms with Crippen LogP contribution in [0, 0.1) is 10.1 Å². The Balaban J connectivity index is 0.00000529. The summed E-state index contributed by atoms with van der Waals surface area (Å²) in [7, 11) is 0. The lowest BCUT2D eigenvalue weighted by molar-refractivity contribution is -0.769. The van der Waals surface area contributed by atoms with Crippen LogP contribution in [0.25, 0.3) is 0 Å². The monoisotopic (exact) mass is 369 g/mol. The highest BCUT2D eigenvalue weighted by Gasteiger charge is 2.21. The van der Waals surface area contributed by atoms with Gasteiger partial charge in [0, 0.05) is 26.1 Å². The molecule has 1 aliphatic heterocycles. The first-order chi connectivity index (χ1) is 10.9. The summed E-state index contributed by atoms with van der Waals surface area (Å²) in [5.74, 6) is -1.60. The van der Waals surface area contributed by atoms with Crippen molar-refractivity contribution in [1.82, 2.24) is 4.90 Å². The number of nitrogens with two attached hydrogens (primary N) is 1. The van der Waals surface area contributed by atoms with E-state index >= 15 is 0 Å². The Morgan fingerprint density at radius 3 is 2.54 bits per heavy atom. The molecule has 1 rings (SSSR count). The third-order valence-corrected chi connectivity index (χ3v) is 3.63. The van der Waals surface area contributed by atoms with Gasteiger partial charge in [0.2, 0.25) is 0 Å². The molecule has 0 unspecified atom stereocenters. The Morgan fingerprint density at radius 1 is 1.38 bits per heavy atom. The van der Waals surface area contributed by atoms with Crippen LogP contribution in [0.4, 0.5) is 0 Å². The van der Waals surface area contributed by atoms with Gasteiger partial charge in [0.1, 0.15) is 12.1 Å². The van der Waals surface area contributed by atoms with Gasteiger partial charge in [0.15, 0.2) is 0 Å². The van der Waals surface area contributed by atoms with E-state index in [0.29, 0.717) is 32.4 Å². The summed E-state index contributed by atoms with van der Waals surface area (Å²) >= 11 is 0. The maximum Gasteiger partial charge on any atom is 0.320 e. The van der Waals surface area contributed by atoms with Crippen molar-refractivity contribution in [3.05, 3.63) is 10.1 Å². The number of carbonyl (C=O) groups is 2. The number of carboxylic acids is 1. The second kappa shape index (κ2) is 11.8. The normalized spacial score (nSPS) is 16.7. The average molecular weight is 370 g/mol. The highest BCUT2D eigenvalue weighted by Crippen LogP contribution is 2.13. The predicted molar refractivity (Wildman–Crippen MR) is 85.2 cm³/mol. The highest BCUT2D eigenvalue weighted by atomic mass is 35.5. The molecule has 0 bridgehead atoms. The summed E-state index contributed by atoms with van der Waals surface area (Å²) in [6.07, 6.45) is 1.56. The summed E-state index contributed by atoms with van der Waals surface area (Å²) in [6, 6.07) is -1.05. The number of likely N-dealkylation sites (tertiary alicyclic amines) is 1.